The summed E-state index contributed by atoms with van der Waals surface area (Å²) in [6.45, 7) is 5.28. The standard InChI is InChI=1S/C29H30F2N4O3/c1-16(2)19-11-25-22(15-33(3)29(38)34(25)4)26(12-19)35-9-5-6-17-10-20(21(27(30)31)13-24(17)35)18-7-8-23(28(36)37)32-14-18/h7-8,10-14,16,27H,5-6,9,15H2,1-4H3,(H,36,37). The Labute approximate surface area is 220 Å². The van der Waals surface area contributed by atoms with Crippen LogP contribution < -0.4 is 9.80 Å². The van der Waals surface area contributed by atoms with Gasteiger partial charge < -0.3 is 14.9 Å². The number of anilines is 3. The molecule has 0 atom stereocenters. The molecule has 0 radical (unpaired) electrons. The van der Waals surface area contributed by atoms with E-state index in [9.17, 15) is 18.4 Å². The van der Waals surface area contributed by atoms with Gasteiger partial charge in [-0.1, -0.05) is 19.9 Å². The fourth-order valence-electron chi connectivity index (χ4n) is 5.37. The summed E-state index contributed by atoms with van der Waals surface area (Å²) in [5.41, 5.74) is 6.05. The molecule has 9 heteroatoms. The van der Waals surface area contributed by atoms with Crippen molar-refractivity contribution >= 4 is 29.1 Å². The third-order valence-corrected chi connectivity index (χ3v) is 7.45. The van der Waals surface area contributed by atoms with Crippen molar-refractivity contribution in [1.29, 1.82) is 0 Å². The van der Waals surface area contributed by atoms with E-state index in [1.807, 2.05) is 0 Å². The molecule has 2 aromatic carbocycles. The highest BCUT2D eigenvalue weighted by Crippen LogP contribution is 2.45. The highest BCUT2D eigenvalue weighted by atomic mass is 19.3. The van der Waals surface area contributed by atoms with E-state index in [1.165, 1.54) is 18.3 Å². The number of alkyl halides is 2. The van der Waals surface area contributed by atoms with Gasteiger partial charge in [0.1, 0.15) is 5.69 Å². The molecule has 2 aliphatic heterocycles. The number of halogens is 2. The van der Waals surface area contributed by atoms with Crippen molar-refractivity contribution in [2.24, 2.45) is 0 Å². The molecule has 0 saturated heterocycles. The number of carboxylic acids is 1. The molecule has 0 saturated carbocycles. The molecule has 1 N–H and O–H groups in total. The van der Waals surface area contributed by atoms with Crippen LogP contribution in [0.3, 0.4) is 0 Å². The van der Waals surface area contributed by atoms with Crippen LogP contribution in [0, 0.1) is 0 Å². The minimum Gasteiger partial charge on any atom is -0.477 e. The summed E-state index contributed by atoms with van der Waals surface area (Å²) in [4.78, 5) is 33.3. The number of carbonyl (C=O) groups is 2. The minimum atomic E-state index is -2.73. The van der Waals surface area contributed by atoms with Gasteiger partial charge in [-0.2, -0.15) is 0 Å². The van der Waals surface area contributed by atoms with Crippen molar-refractivity contribution in [3.8, 4) is 11.1 Å². The lowest BCUT2D eigenvalue weighted by Crippen LogP contribution is -2.43. The van der Waals surface area contributed by atoms with Gasteiger partial charge in [0, 0.05) is 54.9 Å². The summed E-state index contributed by atoms with van der Waals surface area (Å²) in [7, 11) is 3.52. The number of aromatic nitrogens is 1. The van der Waals surface area contributed by atoms with Gasteiger partial charge in [-0.15, -0.1) is 0 Å². The minimum absolute atomic E-state index is 0.0874. The topological polar surface area (TPSA) is 77.0 Å². The normalized spacial score (nSPS) is 15.3. The van der Waals surface area contributed by atoms with Gasteiger partial charge in [0.25, 0.3) is 6.43 Å². The SMILES string of the molecule is CC(C)c1cc2c(c(N3CCCc4cc(-c5ccc(C(=O)O)nc5)c(C(F)F)cc43)c1)CN(C)C(=O)N2C. The molecule has 2 aliphatic rings. The van der Waals surface area contributed by atoms with Crippen LogP contribution >= 0.6 is 0 Å². The third-order valence-electron chi connectivity index (χ3n) is 7.45. The predicted molar refractivity (Wildman–Crippen MR) is 143 cm³/mol. The number of urea groups is 1. The molecule has 198 valence electrons. The van der Waals surface area contributed by atoms with Gasteiger partial charge >= 0.3 is 12.0 Å². The van der Waals surface area contributed by atoms with Crippen molar-refractivity contribution in [2.45, 2.75) is 45.6 Å². The van der Waals surface area contributed by atoms with Crippen molar-refractivity contribution in [3.05, 3.63) is 70.5 Å². The quantitative estimate of drug-likeness (QED) is 0.411. The monoisotopic (exact) mass is 520 g/mol. The Morgan fingerprint density at radius 1 is 1.05 bits per heavy atom. The van der Waals surface area contributed by atoms with Crippen molar-refractivity contribution < 1.29 is 23.5 Å². The Bertz CT molecular complexity index is 1420. The molecule has 3 aromatic rings. The smallest absolute Gasteiger partial charge is 0.354 e. The molecule has 0 unspecified atom stereocenters. The predicted octanol–water partition coefficient (Wildman–Crippen LogP) is 6.59. The molecular formula is C29H30F2N4O3. The van der Waals surface area contributed by atoms with E-state index in [4.69, 9.17) is 5.11 Å². The Morgan fingerprint density at radius 3 is 2.42 bits per heavy atom. The molecule has 0 bridgehead atoms. The lowest BCUT2D eigenvalue weighted by molar-refractivity contribution is 0.0690. The largest absolute Gasteiger partial charge is 0.477 e. The zero-order valence-electron chi connectivity index (χ0n) is 21.8. The van der Waals surface area contributed by atoms with Crippen LogP contribution in [0.25, 0.3) is 11.1 Å². The first kappa shape index (κ1) is 25.6. The number of aromatic carboxylic acids is 1. The first-order valence-corrected chi connectivity index (χ1v) is 12.6. The Morgan fingerprint density at radius 2 is 1.79 bits per heavy atom. The summed E-state index contributed by atoms with van der Waals surface area (Å²) in [5.74, 6) is -0.955. The molecule has 3 heterocycles. The third kappa shape index (κ3) is 4.36. The lowest BCUT2D eigenvalue weighted by atomic mass is 9.90. The first-order valence-electron chi connectivity index (χ1n) is 12.6. The number of benzene rings is 2. The second-order valence-electron chi connectivity index (χ2n) is 10.3. The molecule has 7 nitrogen and oxygen atoms in total. The van der Waals surface area contributed by atoms with Gasteiger partial charge in [-0.25, -0.2) is 23.4 Å². The molecule has 0 aliphatic carbocycles. The molecule has 1 aromatic heterocycles. The van der Waals surface area contributed by atoms with E-state index in [2.05, 4.69) is 35.9 Å². The number of aryl methyl sites for hydroxylation is 1. The number of carboxylic acid groups (broad SMARTS) is 1. The van der Waals surface area contributed by atoms with Crippen molar-refractivity contribution in [1.82, 2.24) is 9.88 Å². The van der Waals surface area contributed by atoms with E-state index >= 15 is 0 Å². The molecule has 5 rings (SSSR count). The summed E-state index contributed by atoms with van der Waals surface area (Å²) in [6.07, 6.45) is 0.169. The number of hydrogen-bond acceptors (Lipinski definition) is 4. The van der Waals surface area contributed by atoms with Gasteiger partial charge in [0.2, 0.25) is 0 Å². The zero-order chi connectivity index (χ0) is 27.3. The van der Waals surface area contributed by atoms with E-state index in [0.717, 1.165) is 46.6 Å². The van der Waals surface area contributed by atoms with Crippen LogP contribution in [0.5, 0.6) is 0 Å². The highest BCUT2D eigenvalue weighted by Gasteiger charge is 2.32. The highest BCUT2D eigenvalue weighted by molar-refractivity contribution is 5.96. The Balaban J connectivity index is 1.67. The number of amides is 2. The molecular weight excluding hydrogens is 490 g/mol. The summed E-state index contributed by atoms with van der Waals surface area (Å²) >= 11 is 0. The Hall–Kier alpha value is -4.01. The van der Waals surface area contributed by atoms with Crippen molar-refractivity contribution in [2.75, 3.05) is 30.4 Å². The summed E-state index contributed by atoms with van der Waals surface area (Å²) < 4.78 is 28.9. The number of fused-ring (bicyclic) bond motifs is 2. The molecule has 0 spiro atoms. The fourth-order valence-corrected chi connectivity index (χ4v) is 5.37. The van der Waals surface area contributed by atoms with Crippen LogP contribution in [-0.2, 0) is 13.0 Å². The molecule has 0 fully saturated rings. The van der Waals surface area contributed by atoms with Gasteiger partial charge in [0.05, 0.1) is 12.2 Å². The fraction of sp³-hybridized carbons (Fsp3) is 0.345. The number of hydrogen-bond donors (Lipinski definition) is 1. The van der Waals surface area contributed by atoms with E-state index in [0.29, 0.717) is 24.2 Å². The lowest BCUT2D eigenvalue weighted by Gasteiger charge is -2.39. The number of nitrogens with zero attached hydrogens (tertiary/aromatic N) is 4. The van der Waals surface area contributed by atoms with E-state index in [1.54, 1.807) is 36.0 Å². The van der Waals surface area contributed by atoms with Crippen LogP contribution in [-0.4, -0.2) is 47.6 Å². The summed E-state index contributed by atoms with van der Waals surface area (Å²) in [6, 6.07) is 10.3. The van der Waals surface area contributed by atoms with Gasteiger partial charge in [0.15, 0.2) is 0 Å². The Kier molecular flexibility index (Phi) is 6.54. The second kappa shape index (κ2) is 9.70. The average molecular weight is 521 g/mol. The van der Waals surface area contributed by atoms with Crippen LogP contribution in [0.15, 0.2) is 42.6 Å². The maximum Gasteiger partial charge on any atom is 0.354 e. The van der Waals surface area contributed by atoms with Crippen molar-refractivity contribution in [3.63, 3.8) is 0 Å². The van der Waals surface area contributed by atoms with Gasteiger partial charge in [-0.05, 0) is 65.8 Å². The van der Waals surface area contributed by atoms with E-state index in [-0.39, 0.29) is 23.2 Å². The number of rotatable bonds is 5. The number of pyridine rings is 1. The van der Waals surface area contributed by atoms with Crippen LogP contribution in [0.2, 0.25) is 0 Å². The van der Waals surface area contributed by atoms with Crippen LogP contribution in [0.4, 0.5) is 30.6 Å². The molecule has 2 amide bonds. The average Bonchev–Trinajstić information content (AvgIpc) is 2.90. The second-order valence-corrected chi connectivity index (χ2v) is 10.3. The maximum atomic E-state index is 14.4. The van der Waals surface area contributed by atoms with E-state index < -0.39 is 12.4 Å². The maximum absolute atomic E-state index is 14.4. The van der Waals surface area contributed by atoms with Crippen LogP contribution in [0.1, 0.15) is 65.4 Å². The molecule has 38 heavy (non-hydrogen) atoms. The zero-order valence-corrected chi connectivity index (χ0v) is 21.8. The first-order chi connectivity index (χ1) is 18.1. The number of carbonyl (C=O) groups excluding carboxylic acids is 1. The van der Waals surface area contributed by atoms with Gasteiger partial charge in [-0.3, -0.25) is 4.90 Å². The summed E-state index contributed by atoms with van der Waals surface area (Å²) in [5, 5.41) is 9.16.